The molecule has 0 aromatic heterocycles. The number of sulfonamides is 1. The second-order valence-corrected chi connectivity index (χ2v) is 7.14. The summed E-state index contributed by atoms with van der Waals surface area (Å²) in [6.07, 6.45) is 3.10. The highest BCUT2D eigenvalue weighted by Gasteiger charge is 2.34. The Kier molecular flexibility index (Phi) is 4.51. The molecule has 1 amide bonds. The summed E-state index contributed by atoms with van der Waals surface area (Å²) < 4.78 is 24.0. The lowest BCUT2D eigenvalue weighted by atomic mass is 9.75. The molecule has 0 aromatic rings. The maximum absolute atomic E-state index is 11.5. The van der Waals surface area contributed by atoms with Gasteiger partial charge < -0.3 is 11.1 Å². The van der Waals surface area contributed by atoms with Gasteiger partial charge in [-0.2, -0.15) is 0 Å². The van der Waals surface area contributed by atoms with Gasteiger partial charge in [0.15, 0.2) is 0 Å². The highest BCUT2D eigenvalue weighted by atomic mass is 32.2. The molecule has 1 fully saturated rings. The Morgan fingerprint density at radius 2 is 2.00 bits per heavy atom. The molecular weight excluding hydrogens is 242 g/mol. The predicted molar refractivity (Wildman–Crippen MR) is 65.9 cm³/mol. The molecule has 1 rings (SSSR count). The fourth-order valence-electron chi connectivity index (χ4n) is 1.69. The molecule has 100 valence electrons. The zero-order valence-corrected chi connectivity index (χ0v) is 11.2. The first kappa shape index (κ1) is 14.4. The lowest BCUT2D eigenvalue weighted by Crippen LogP contribution is -2.50. The maximum atomic E-state index is 11.5. The third-order valence-corrected chi connectivity index (χ3v) is 4.93. The van der Waals surface area contributed by atoms with E-state index >= 15 is 0 Å². The van der Waals surface area contributed by atoms with Gasteiger partial charge in [-0.3, -0.25) is 4.79 Å². The molecular formula is C10H21N3O3S. The summed E-state index contributed by atoms with van der Waals surface area (Å²) in [5.41, 5.74) is 5.57. The van der Waals surface area contributed by atoms with Crippen LogP contribution in [0.2, 0.25) is 0 Å². The van der Waals surface area contributed by atoms with Crippen molar-refractivity contribution in [2.24, 2.45) is 5.73 Å². The quantitative estimate of drug-likeness (QED) is 0.660. The second-order valence-electron chi connectivity index (χ2n) is 4.84. The van der Waals surface area contributed by atoms with E-state index in [9.17, 15) is 13.2 Å². The van der Waals surface area contributed by atoms with Crippen LogP contribution in [-0.2, 0) is 14.8 Å². The summed E-state index contributed by atoms with van der Waals surface area (Å²) in [6, 6.07) is 0. The van der Waals surface area contributed by atoms with E-state index in [1.165, 1.54) is 14.1 Å². The van der Waals surface area contributed by atoms with E-state index in [0.717, 1.165) is 23.6 Å². The van der Waals surface area contributed by atoms with Gasteiger partial charge in [0, 0.05) is 32.6 Å². The van der Waals surface area contributed by atoms with Crippen molar-refractivity contribution in [1.82, 2.24) is 9.62 Å². The summed E-state index contributed by atoms with van der Waals surface area (Å²) in [6.45, 7) is 0.134. The molecule has 17 heavy (non-hydrogen) atoms. The van der Waals surface area contributed by atoms with Crippen LogP contribution in [-0.4, -0.2) is 50.6 Å². The molecule has 1 aliphatic carbocycles. The second kappa shape index (κ2) is 5.32. The average molecular weight is 263 g/mol. The van der Waals surface area contributed by atoms with Crippen molar-refractivity contribution in [1.29, 1.82) is 0 Å². The van der Waals surface area contributed by atoms with Crippen LogP contribution < -0.4 is 11.1 Å². The van der Waals surface area contributed by atoms with Gasteiger partial charge in [0.25, 0.3) is 0 Å². The largest absolute Gasteiger partial charge is 0.355 e. The summed E-state index contributed by atoms with van der Waals surface area (Å²) >= 11 is 0. The van der Waals surface area contributed by atoms with Gasteiger partial charge in [0.05, 0.1) is 5.75 Å². The topological polar surface area (TPSA) is 92.5 Å². The smallest absolute Gasteiger partial charge is 0.221 e. The molecule has 0 aliphatic heterocycles. The van der Waals surface area contributed by atoms with Crippen LogP contribution in [0.3, 0.4) is 0 Å². The molecule has 0 atom stereocenters. The molecule has 3 N–H and O–H groups in total. The first-order valence-corrected chi connectivity index (χ1v) is 7.32. The van der Waals surface area contributed by atoms with Crippen molar-refractivity contribution >= 4 is 15.9 Å². The Balaban J connectivity index is 2.25. The predicted octanol–water partition coefficient (Wildman–Crippen LogP) is -0.734. The number of hydrogen-bond donors (Lipinski definition) is 2. The molecule has 0 spiro atoms. The third-order valence-electron chi connectivity index (χ3n) is 3.10. The number of amides is 1. The fourth-order valence-corrected chi connectivity index (χ4v) is 2.42. The highest BCUT2D eigenvalue weighted by Crippen LogP contribution is 2.31. The number of carbonyl (C=O) groups excluding carboxylic acids is 1. The van der Waals surface area contributed by atoms with Crippen LogP contribution in [0, 0.1) is 0 Å². The van der Waals surface area contributed by atoms with Crippen molar-refractivity contribution in [3.05, 3.63) is 0 Å². The van der Waals surface area contributed by atoms with Crippen LogP contribution in [0.4, 0.5) is 0 Å². The molecule has 7 heteroatoms. The van der Waals surface area contributed by atoms with Crippen LogP contribution in [0.5, 0.6) is 0 Å². The van der Waals surface area contributed by atoms with Crippen LogP contribution in [0.25, 0.3) is 0 Å². The van der Waals surface area contributed by atoms with E-state index in [1.807, 2.05) is 0 Å². The number of hydrogen-bond acceptors (Lipinski definition) is 4. The standard InChI is InChI=1S/C10H21N3O3S/c1-13(2)17(15,16)7-6-12-9(14)8-10(11)4-3-5-10/h3-8,11H2,1-2H3,(H,12,14). The summed E-state index contributed by atoms with van der Waals surface area (Å²) in [4.78, 5) is 11.5. The normalized spacial score (nSPS) is 18.8. The van der Waals surface area contributed by atoms with Gasteiger partial charge >= 0.3 is 0 Å². The number of nitrogens with one attached hydrogen (secondary N) is 1. The number of carbonyl (C=O) groups is 1. The van der Waals surface area contributed by atoms with Crippen LogP contribution in [0.1, 0.15) is 25.7 Å². The van der Waals surface area contributed by atoms with E-state index in [4.69, 9.17) is 5.73 Å². The van der Waals surface area contributed by atoms with Gasteiger partial charge in [-0.05, 0) is 19.3 Å². The lowest BCUT2D eigenvalue weighted by molar-refractivity contribution is -0.122. The van der Waals surface area contributed by atoms with Crippen molar-refractivity contribution in [2.45, 2.75) is 31.2 Å². The fraction of sp³-hybridized carbons (Fsp3) is 0.900. The Labute approximate surface area is 103 Å². The summed E-state index contributed by atoms with van der Waals surface area (Å²) in [5.74, 6) is -0.246. The molecule has 1 saturated carbocycles. The van der Waals surface area contributed by atoms with E-state index in [-0.39, 0.29) is 30.2 Å². The minimum atomic E-state index is -3.24. The molecule has 0 heterocycles. The Morgan fingerprint density at radius 1 is 1.41 bits per heavy atom. The SMILES string of the molecule is CN(C)S(=O)(=O)CCNC(=O)CC1(N)CCC1. The monoisotopic (exact) mass is 263 g/mol. The molecule has 0 radical (unpaired) electrons. The number of rotatable bonds is 6. The zero-order valence-electron chi connectivity index (χ0n) is 10.4. The molecule has 0 saturated heterocycles. The van der Waals surface area contributed by atoms with E-state index in [0.29, 0.717) is 0 Å². The Morgan fingerprint density at radius 3 is 2.41 bits per heavy atom. The van der Waals surface area contributed by atoms with Crippen LogP contribution in [0.15, 0.2) is 0 Å². The number of nitrogens with two attached hydrogens (primary N) is 1. The lowest BCUT2D eigenvalue weighted by Gasteiger charge is -2.37. The summed E-state index contributed by atoms with van der Waals surface area (Å²) in [7, 11) is -0.297. The van der Waals surface area contributed by atoms with Crippen molar-refractivity contribution in [3.8, 4) is 0 Å². The van der Waals surface area contributed by atoms with Crippen molar-refractivity contribution < 1.29 is 13.2 Å². The minimum absolute atomic E-state index is 0.0800. The molecule has 0 bridgehead atoms. The Bertz CT molecular complexity index is 374. The van der Waals surface area contributed by atoms with Gasteiger partial charge in [-0.15, -0.1) is 0 Å². The third kappa shape index (κ3) is 4.25. The van der Waals surface area contributed by atoms with Crippen LogP contribution >= 0.6 is 0 Å². The molecule has 1 aliphatic rings. The molecule has 6 nitrogen and oxygen atoms in total. The molecule has 0 aromatic carbocycles. The number of nitrogens with zero attached hydrogens (tertiary/aromatic N) is 1. The highest BCUT2D eigenvalue weighted by molar-refractivity contribution is 7.89. The van der Waals surface area contributed by atoms with Gasteiger partial charge in [-0.1, -0.05) is 0 Å². The maximum Gasteiger partial charge on any atom is 0.221 e. The first-order chi connectivity index (χ1) is 7.75. The molecule has 0 unspecified atom stereocenters. The van der Waals surface area contributed by atoms with Gasteiger partial charge in [0.2, 0.25) is 15.9 Å². The Hall–Kier alpha value is -0.660. The minimum Gasteiger partial charge on any atom is -0.355 e. The van der Waals surface area contributed by atoms with E-state index < -0.39 is 10.0 Å². The average Bonchev–Trinajstić information content (AvgIpc) is 2.14. The zero-order chi connectivity index (χ0) is 13.1. The van der Waals surface area contributed by atoms with Gasteiger partial charge in [0.1, 0.15) is 0 Å². The van der Waals surface area contributed by atoms with E-state index in [2.05, 4.69) is 5.32 Å². The summed E-state index contributed by atoms with van der Waals surface area (Å²) in [5, 5.41) is 2.59. The van der Waals surface area contributed by atoms with Gasteiger partial charge in [-0.25, -0.2) is 12.7 Å². The van der Waals surface area contributed by atoms with Crippen molar-refractivity contribution in [3.63, 3.8) is 0 Å². The first-order valence-electron chi connectivity index (χ1n) is 5.71. The van der Waals surface area contributed by atoms with Crippen molar-refractivity contribution in [2.75, 3.05) is 26.4 Å². The van der Waals surface area contributed by atoms with E-state index in [1.54, 1.807) is 0 Å².